The Kier molecular flexibility index (Phi) is 6.54. The van der Waals surface area contributed by atoms with Gasteiger partial charge in [-0.15, -0.1) is 0 Å². The Morgan fingerprint density at radius 3 is 2.62 bits per heavy atom. The van der Waals surface area contributed by atoms with Crippen LogP contribution in [0.4, 0.5) is 4.79 Å². The van der Waals surface area contributed by atoms with Crippen molar-refractivity contribution in [3.05, 3.63) is 35.9 Å². The zero-order valence-corrected chi connectivity index (χ0v) is 14.7. The maximum absolute atomic E-state index is 12.3. The van der Waals surface area contributed by atoms with Crippen LogP contribution in [0.2, 0.25) is 0 Å². The summed E-state index contributed by atoms with van der Waals surface area (Å²) in [5.41, 5.74) is 0.994. The average molecular weight is 355 g/mol. The van der Waals surface area contributed by atoms with Crippen LogP contribution >= 0.6 is 7.60 Å². The van der Waals surface area contributed by atoms with E-state index in [9.17, 15) is 14.2 Å². The molecule has 1 aromatic rings. The highest BCUT2D eigenvalue weighted by Gasteiger charge is 2.38. The molecule has 0 saturated carbocycles. The van der Waals surface area contributed by atoms with Crippen LogP contribution in [-0.2, 0) is 29.6 Å². The van der Waals surface area contributed by atoms with E-state index < -0.39 is 32.2 Å². The number of hydrogen-bond acceptors (Lipinski definition) is 6. The van der Waals surface area contributed by atoms with Crippen molar-refractivity contribution in [2.75, 3.05) is 26.0 Å². The quantitative estimate of drug-likeness (QED) is 0.667. The van der Waals surface area contributed by atoms with Crippen molar-refractivity contribution in [3.63, 3.8) is 0 Å². The fourth-order valence-corrected chi connectivity index (χ4v) is 3.58. The smallest absolute Gasteiger partial charge is 0.417 e. The molecule has 0 spiro atoms. The zero-order valence-electron chi connectivity index (χ0n) is 13.8. The summed E-state index contributed by atoms with van der Waals surface area (Å²) >= 11 is 0. The number of nitrogens with zero attached hydrogens (tertiary/aromatic N) is 1. The van der Waals surface area contributed by atoms with Gasteiger partial charge in [0.1, 0.15) is 13.2 Å². The summed E-state index contributed by atoms with van der Waals surface area (Å²) in [6.45, 7) is 3.23. The van der Waals surface area contributed by atoms with Crippen LogP contribution in [0.1, 0.15) is 19.4 Å². The maximum atomic E-state index is 12.3. The van der Waals surface area contributed by atoms with Gasteiger partial charge >= 0.3 is 13.7 Å². The Bertz CT molecular complexity index is 620. The number of carbonyl (C=O) groups excluding carboxylic acids is 2. The number of ether oxygens (including phenoxy) is 1. The molecule has 1 heterocycles. The molecule has 0 bridgehead atoms. The normalized spacial score (nSPS) is 19.8. The highest BCUT2D eigenvalue weighted by atomic mass is 31.2. The Hall–Kier alpha value is -1.69. The van der Waals surface area contributed by atoms with E-state index in [1.54, 1.807) is 13.8 Å². The van der Waals surface area contributed by atoms with E-state index in [1.807, 2.05) is 30.3 Å². The number of benzene rings is 1. The summed E-state index contributed by atoms with van der Waals surface area (Å²) in [5, 5.41) is 0. The third-order valence-electron chi connectivity index (χ3n) is 3.64. The first-order valence-electron chi connectivity index (χ1n) is 7.90. The number of imide groups is 1. The molecule has 1 fully saturated rings. The zero-order chi connectivity index (χ0) is 17.6. The Morgan fingerprint density at radius 2 is 2.00 bits per heavy atom. The number of cyclic esters (lactones) is 1. The van der Waals surface area contributed by atoms with Gasteiger partial charge in [-0.3, -0.25) is 13.9 Å². The minimum Gasteiger partial charge on any atom is -0.447 e. The lowest BCUT2D eigenvalue weighted by molar-refractivity contribution is -0.131. The third-order valence-corrected chi connectivity index (χ3v) is 5.59. The van der Waals surface area contributed by atoms with Crippen LogP contribution in [0.3, 0.4) is 0 Å². The summed E-state index contributed by atoms with van der Waals surface area (Å²) < 4.78 is 27.5. The molecule has 1 aliphatic heterocycles. The largest absolute Gasteiger partial charge is 0.447 e. The van der Waals surface area contributed by atoms with Crippen LogP contribution in [0, 0.1) is 0 Å². The van der Waals surface area contributed by atoms with E-state index in [0.29, 0.717) is 6.42 Å². The predicted octanol–water partition coefficient (Wildman–Crippen LogP) is 2.84. The van der Waals surface area contributed by atoms with Gasteiger partial charge in [0.2, 0.25) is 0 Å². The second kappa shape index (κ2) is 8.42. The molecule has 2 unspecified atom stereocenters. The lowest BCUT2D eigenvalue weighted by Gasteiger charge is -2.21. The summed E-state index contributed by atoms with van der Waals surface area (Å²) in [6, 6.07) is 9.12. The van der Waals surface area contributed by atoms with E-state index in [-0.39, 0.29) is 19.4 Å². The molecule has 1 aliphatic rings. The van der Waals surface area contributed by atoms with Crippen molar-refractivity contribution in [2.24, 2.45) is 0 Å². The molecule has 0 radical (unpaired) electrons. The molecule has 2 atom stereocenters. The van der Waals surface area contributed by atoms with E-state index in [2.05, 4.69) is 0 Å². The van der Waals surface area contributed by atoms with Crippen LogP contribution in [0.5, 0.6) is 0 Å². The number of amides is 2. The van der Waals surface area contributed by atoms with Crippen LogP contribution < -0.4 is 0 Å². The molecule has 8 heteroatoms. The molecule has 0 N–H and O–H groups in total. The summed E-state index contributed by atoms with van der Waals surface area (Å²) in [5.74, 6) is -0.577. The van der Waals surface area contributed by atoms with Gasteiger partial charge in [-0.2, -0.15) is 0 Å². The molecule has 1 saturated heterocycles. The number of hydrogen-bond donors (Lipinski definition) is 0. The van der Waals surface area contributed by atoms with Crippen molar-refractivity contribution in [3.8, 4) is 0 Å². The number of carbonyl (C=O) groups is 2. The van der Waals surface area contributed by atoms with Gasteiger partial charge in [-0.05, 0) is 18.9 Å². The fourth-order valence-electron chi connectivity index (χ4n) is 2.44. The van der Waals surface area contributed by atoms with Gasteiger partial charge in [0.15, 0.2) is 0 Å². The Labute approximate surface area is 141 Å². The standard InChI is InChI=1S/C16H22NO6P/c1-3-22-24(20,4-2)23-12-15(18)17-14(11-21-16(17)19)10-13-8-6-5-7-9-13/h5-9,14H,3-4,10-12H2,1-2H3. The van der Waals surface area contributed by atoms with Gasteiger partial charge in [-0.1, -0.05) is 37.3 Å². The Balaban J connectivity index is 2.00. The Morgan fingerprint density at radius 1 is 1.29 bits per heavy atom. The SMILES string of the molecule is CCOP(=O)(CC)OCC(=O)N1C(=O)OCC1Cc1ccccc1. The highest BCUT2D eigenvalue weighted by Crippen LogP contribution is 2.47. The average Bonchev–Trinajstić information content (AvgIpc) is 2.94. The van der Waals surface area contributed by atoms with Gasteiger partial charge in [0.05, 0.1) is 12.6 Å². The van der Waals surface area contributed by atoms with Gasteiger partial charge in [0.25, 0.3) is 5.91 Å². The molecular formula is C16H22NO6P. The fraction of sp³-hybridized carbons (Fsp3) is 0.500. The van der Waals surface area contributed by atoms with Crippen molar-refractivity contribution in [1.29, 1.82) is 0 Å². The van der Waals surface area contributed by atoms with Crippen LogP contribution in [0.25, 0.3) is 0 Å². The lowest BCUT2D eigenvalue weighted by atomic mass is 10.1. The van der Waals surface area contributed by atoms with Crippen molar-refractivity contribution < 1.29 is 27.9 Å². The van der Waals surface area contributed by atoms with Gasteiger partial charge < -0.3 is 9.26 Å². The molecule has 7 nitrogen and oxygen atoms in total. The first-order valence-corrected chi connectivity index (χ1v) is 9.62. The first-order chi connectivity index (χ1) is 11.5. The molecule has 1 aromatic carbocycles. The van der Waals surface area contributed by atoms with Crippen molar-refractivity contribution >= 4 is 19.6 Å². The minimum absolute atomic E-state index is 0.135. The maximum Gasteiger partial charge on any atom is 0.417 e. The summed E-state index contributed by atoms with van der Waals surface area (Å²) in [7, 11) is -3.30. The minimum atomic E-state index is -3.30. The molecule has 0 aliphatic carbocycles. The van der Waals surface area contributed by atoms with E-state index in [4.69, 9.17) is 13.8 Å². The van der Waals surface area contributed by atoms with Gasteiger partial charge in [-0.25, -0.2) is 9.69 Å². The molecule has 132 valence electrons. The highest BCUT2D eigenvalue weighted by molar-refractivity contribution is 7.53. The predicted molar refractivity (Wildman–Crippen MR) is 87.9 cm³/mol. The molecule has 24 heavy (non-hydrogen) atoms. The number of rotatable bonds is 8. The third kappa shape index (κ3) is 4.66. The van der Waals surface area contributed by atoms with Gasteiger partial charge in [0, 0.05) is 6.16 Å². The van der Waals surface area contributed by atoms with Crippen LogP contribution in [-0.4, -0.2) is 48.9 Å². The van der Waals surface area contributed by atoms with E-state index >= 15 is 0 Å². The van der Waals surface area contributed by atoms with E-state index in [1.165, 1.54) is 0 Å². The molecular weight excluding hydrogens is 333 g/mol. The topological polar surface area (TPSA) is 82.1 Å². The monoisotopic (exact) mass is 355 g/mol. The molecule has 0 aromatic heterocycles. The molecule has 2 amide bonds. The van der Waals surface area contributed by atoms with Crippen molar-refractivity contribution in [2.45, 2.75) is 26.3 Å². The lowest BCUT2D eigenvalue weighted by Crippen LogP contribution is -2.42. The second-order valence-corrected chi connectivity index (χ2v) is 7.67. The second-order valence-electron chi connectivity index (χ2n) is 5.30. The summed E-state index contributed by atoms with van der Waals surface area (Å²) in [4.78, 5) is 25.3. The summed E-state index contributed by atoms with van der Waals surface area (Å²) in [6.07, 6.45) is -0.0476. The first kappa shape index (κ1) is 18.6. The molecule has 2 rings (SSSR count). The van der Waals surface area contributed by atoms with E-state index in [0.717, 1.165) is 10.5 Å². The van der Waals surface area contributed by atoms with Crippen molar-refractivity contribution in [1.82, 2.24) is 4.90 Å². The van der Waals surface area contributed by atoms with Crippen LogP contribution in [0.15, 0.2) is 30.3 Å².